The number of amides is 1. The van der Waals surface area contributed by atoms with Gasteiger partial charge in [-0.3, -0.25) is 4.79 Å². The summed E-state index contributed by atoms with van der Waals surface area (Å²) in [5.74, 6) is 2.94. The van der Waals surface area contributed by atoms with Gasteiger partial charge in [-0.15, -0.1) is 0 Å². The first kappa shape index (κ1) is 20.0. The minimum absolute atomic E-state index is 0.0711. The van der Waals surface area contributed by atoms with Crippen molar-refractivity contribution in [2.24, 2.45) is 40.6 Å². The summed E-state index contributed by atoms with van der Waals surface area (Å²) in [6.45, 7) is 0. The highest BCUT2D eigenvalue weighted by Gasteiger charge is 2.53. The van der Waals surface area contributed by atoms with Crippen molar-refractivity contribution in [2.75, 3.05) is 0 Å². The predicted octanol–water partition coefficient (Wildman–Crippen LogP) is 3.61. The summed E-state index contributed by atoms with van der Waals surface area (Å²) in [5, 5.41) is 19.1. The number of nitrogens with one attached hydrogen (secondary N) is 2. The fourth-order valence-electron chi connectivity index (χ4n) is 7.68. The highest BCUT2D eigenvalue weighted by Crippen LogP contribution is 2.52. The fraction of sp³-hybridized carbons (Fsp3) is 0.917. The van der Waals surface area contributed by atoms with Crippen molar-refractivity contribution >= 4 is 12.1 Å². The Bertz CT molecular complexity index is 617. The second kappa shape index (κ2) is 8.66. The summed E-state index contributed by atoms with van der Waals surface area (Å²) in [6.07, 6.45) is 17.3. The van der Waals surface area contributed by atoms with Gasteiger partial charge in [0.05, 0.1) is 12.0 Å². The summed E-state index contributed by atoms with van der Waals surface area (Å²) in [7, 11) is 0. The first-order valence-corrected chi connectivity index (χ1v) is 12.5. The average Bonchev–Trinajstić information content (AvgIpc) is 3.13. The molecule has 1 heterocycles. The Kier molecular flexibility index (Phi) is 5.97. The van der Waals surface area contributed by atoms with Crippen LogP contribution in [0.1, 0.15) is 83.5 Å². The molecule has 1 amide bonds. The van der Waals surface area contributed by atoms with Crippen LogP contribution in [-0.2, 0) is 4.79 Å². The highest BCUT2D eigenvalue weighted by molar-refractivity contribution is 5.80. The third-order valence-electron chi connectivity index (χ3n) is 9.16. The van der Waals surface area contributed by atoms with Crippen LogP contribution >= 0.6 is 0 Å². The molecular formula is C24H39N3O2. The number of nitrogens with zero attached hydrogens (tertiary/aromatic N) is 1. The molecule has 4 aliphatic carbocycles. The molecule has 8 unspecified atom stereocenters. The number of hydrogen-bond acceptors (Lipinski definition) is 4. The van der Waals surface area contributed by atoms with Gasteiger partial charge >= 0.3 is 0 Å². The van der Waals surface area contributed by atoms with Crippen molar-refractivity contribution in [3.05, 3.63) is 0 Å². The van der Waals surface area contributed by atoms with Gasteiger partial charge < -0.3 is 10.4 Å². The van der Waals surface area contributed by atoms with Gasteiger partial charge in [-0.25, -0.2) is 5.43 Å². The Balaban J connectivity index is 1.18. The number of aliphatic hydroxyl groups is 1. The lowest BCUT2D eigenvalue weighted by atomic mass is 9.60. The van der Waals surface area contributed by atoms with E-state index in [1.54, 1.807) is 0 Å². The molecule has 29 heavy (non-hydrogen) atoms. The zero-order valence-corrected chi connectivity index (χ0v) is 17.8. The van der Waals surface area contributed by atoms with E-state index >= 15 is 0 Å². The lowest BCUT2D eigenvalue weighted by Crippen LogP contribution is -2.52. The lowest BCUT2D eigenvalue weighted by Gasteiger charge is -2.47. The molecular weight excluding hydrogens is 362 g/mol. The Hall–Kier alpha value is -0.940. The van der Waals surface area contributed by atoms with E-state index in [0.717, 1.165) is 24.7 Å². The maximum atomic E-state index is 12.8. The first-order valence-electron chi connectivity index (χ1n) is 12.5. The third kappa shape index (κ3) is 4.01. The molecule has 5 nitrogen and oxygen atoms in total. The van der Waals surface area contributed by atoms with Crippen LogP contribution in [0.4, 0.5) is 0 Å². The van der Waals surface area contributed by atoms with Gasteiger partial charge in [-0.05, 0) is 81.0 Å². The smallest absolute Gasteiger partial charge is 0.245 e. The second-order valence-electron chi connectivity index (χ2n) is 10.7. The van der Waals surface area contributed by atoms with Gasteiger partial charge in [-0.1, -0.05) is 32.1 Å². The van der Waals surface area contributed by atoms with Crippen LogP contribution in [0.3, 0.4) is 0 Å². The summed E-state index contributed by atoms with van der Waals surface area (Å²) < 4.78 is 0. The number of hydrogen-bond donors (Lipinski definition) is 3. The predicted molar refractivity (Wildman–Crippen MR) is 114 cm³/mol. The number of carbonyl (C=O) groups excluding carboxylic acids is 1. The van der Waals surface area contributed by atoms with Gasteiger partial charge in [0.1, 0.15) is 0 Å². The SMILES string of the molecule is O=C(NN=CC1CCCCC1)C1CC2CCC3C4CCCCC4NC3C2CC1O. The molecule has 0 bridgehead atoms. The number of aliphatic hydroxyl groups excluding tert-OH is 1. The molecule has 5 rings (SSSR count). The van der Waals surface area contributed by atoms with Crippen LogP contribution in [0.5, 0.6) is 0 Å². The lowest BCUT2D eigenvalue weighted by molar-refractivity contribution is -0.133. The summed E-state index contributed by atoms with van der Waals surface area (Å²) in [4.78, 5) is 12.8. The van der Waals surface area contributed by atoms with E-state index in [9.17, 15) is 9.90 Å². The topological polar surface area (TPSA) is 73.7 Å². The molecule has 0 spiro atoms. The zero-order chi connectivity index (χ0) is 19.8. The molecule has 5 aliphatic rings. The van der Waals surface area contributed by atoms with Gasteiger partial charge in [0.2, 0.25) is 5.91 Å². The first-order chi connectivity index (χ1) is 14.2. The van der Waals surface area contributed by atoms with E-state index in [1.165, 1.54) is 70.6 Å². The molecule has 5 fully saturated rings. The molecule has 8 atom stereocenters. The van der Waals surface area contributed by atoms with Crippen molar-refractivity contribution in [1.82, 2.24) is 10.7 Å². The quantitative estimate of drug-likeness (QED) is 0.500. The maximum absolute atomic E-state index is 12.8. The average molecular weight is 402 g/mol. The van der Waals surface area contributed by atoms with Crippen molar-refractivity contribution < 1.29 is 9.90 Å². The van der Waals surface area contributed by atoms with Crippen LogP contribution in [0, 0.1) is 35.5 Å². The molecule has 0 aromatic heterocycles. The van der Waals surface area contributed by atoms with Crippen molar-refractivity contribution in [1.29, 1.82) is 0 Å². The van der Waals surface area contributed by atoms with Gasteiger partial charge in [-0.2, -0.15) is 5.10 Å². The van der Waals surface area contributed by atoms with Crippen LogP contribution in [0.15, 0.2) is 5.10 Å². The van der Waals surface area contributed by atoms with Gasteiger partial charge in [0.25, 0.3) is 0 Å². The number of carbonyl (C=O) groups is 1. The third-order valence-corrected chi connectivity index (χ3v) is 9.16. The standard InChI is InChI=1S/C24H39N3O2/c28-22-13-19-16(10-11-18-17-8-4-5-9-21(17)26-23(18)19)12-20(22)24(29)27-25-14-15-6-2-1-3-7-15/h14-23,26,28H,1-13H2,(H,27,29). The van der Waals surface area contributed by atoms with E-state index in [2.05, 4.69) is 15.8 Å². The molecule has 4 saturated carbocycles. The highest BCUT2D eigenvalue weighted by atomic mass is 16.3. The largest absolute Gasteiger partial charge is 0.392 e. The molecule has 0 aromatic carbocycles. The summed E-state index contributed by atoms with van der Waals surface area (Å²) in [5.41, 5.74) is 2.77. The van der Waals surface area contributed by atoms with E-state index < -0.39 is 6.10 Å². The molecule has 0 aromatic rings. The normalized spacial score (nSPS) is 45.4. The Morgan fingerprint density at radius 1 is 0.897 bits per heavy atom. The van der Waals surface area contributed by atoms with E-state index in [1.807, 2.05) is 6.21 Å². The molecule has 1 saturated heterocycles. The molecule has 3 N–H and O–H groups in total. The number of hydrazone groups is 1. The Morgan fingerprint density at radius 3 is 2.55 bits per heavy atom. The monoisotopic (exact) mass is 401 g/mol. The fourth-order valence-corrected chi connectivity index (χ4v) is 7.68. The molecule has 162 valence electrons. The molecule has 5 heteroatoms. The minimum atomic E-state index is -0.524. The Morgan fingerprint density at radius 2 is 1.69 bits per heavy atom. The van der Waals surface area contributed by atoms with Gasteiger partial charge in [0, 0.05) is 18.3 Å². The summed E-state index contributed by atoms with van der Waals surface area (Å²) >= 11 is 0. The van der Waals surface area contributed by atoms with E-state index in [-0.39, 0.29) is 11.8 Å². The number of fused-ring (bicyclic) bond motifs is 5. The number of rotatable bonds is 3. The van der Waals surface area contributed by atoms with Crippen molar-refractivity contribution in [2.45, 2.75) is 102 Å². The van der Waals surface area contributed by atoms with Crippen LogP contribution in [0.2, 0.25) is 0 Å². The van der Waals surface area contributed by atoms with Gasteiger partial charge in [0.15, 0.2) is 0 Å². The van der Waals surface area contributed by atoms with Crippen LogP contribution < -0.4 is 10.7 Å². The molecule has 1 aliphatic heterocycles. The Labute approximate surface area is 175 Å². The van der Waals surface area contributed by atoms with E-state index in [0.29, 0.717) is 29.8 Å². The van der Waals surface area contributed by atoms with Crippen LogP contribution in [-0.4, -0.2) is 35.4 Å². The van der Waals surface area contributed by atoms with Crippen molar-refractivity contribution in [3.8, 4) is 0 Å². The summed E-state index contributed by atoms with van der Waals surface area (Å²) in [6, 6.07) is 1.29. The molecule has 0 radical (unpaired) electrons. The van der Waals surface area contributed by atoms with Crippen LogP contribution in [0.25, 0.3) is 0 Å². The van der Waals surface area contributed by atoms with Crippen molar-refractivity contribution in [3.63, 3.8) is 0 Å². The maximum Gasteiger partial charge on any atom is 0.245 e. The zero-order valence-electron chi connectivity index (χ0n) is 17.8. The minimum Gasteiger partial charge on any atom is -0.392 e. The second-order valence-corrected chi connectivity index (χ2v) is 10.7. The van der Waals surface area contributed by atoms with E-state index in [4.69, 9.17) is 0 Å².